The first-order valence-electron chi connectivity index (χ1n) is 7.06. The van der Waals surface area contributed by atoms with Crippen LogP contribution in [-0.4, -0.2) is 52.6 Å². The van der Waals surface area contributed by atoms with E-state index < -0.39 is 10.0 Å². The summed E-state index contributed by atoms with van der Waals surface area (Å²) < 4.78 is 28.7. The SMILES string of the molecule is Cl.O=S(=O)(NCCN1CCNCC1)c1cc2ccccc2s1. The van der Waals surface area contributed by atoms with Gasteiger partial charge in [-0.3, -0.25) is 4.90 Å². The van der Waals surface area contributed by atoms with Gasteiger partial charge in [0.1, 0.15) is 4.21 Å². The van der Waals surface area contributed by atoms with Crippen molar-refractivity contribution in [3.63, 3.8) is 0 Å². The third kappa shape index (κ3) is 4.18. The van der Waals surface area contributed by atoms with Crippen molar-refractivity contribution in [3.05, 3.63) is 30.3 Å². The molecule has 2 heterocycles. The van der Waals surface area contributed by atoms with E-state index in [9.17, 15) is 8.42 Å². The summed E-state index contributed by atoms with van der Waals surface area (Å²) in [5.74, 6) is 0. The Labute approximate surface area is 141 Å². The number of sulfonamides is 1. The fraction of sp³-hybridized carbons (Fsp3) is 0.429. The quantitative estimate of drug-likeness (QED) is 0.847. The van der Waals surface area contributed by atoms with E-state index in [1.807, 2.05) is 24.3 Å². The highest BCUT2D eigenvalue weighted by Crippen LogP contribution is 2.28. The van der Waals surface area contributed by atoms with E-state index in [0.29, 0.717) is 10.8 Å². The second kappa shape index (κ2) is 7.72. The van der Waals surface area contributed by atoms with E-state index in [4.69, 9.17) is 0 Å². The van der Waals surface area contributed by atoms with Gasteiger partial charge in [0.25, 0.3) is 0 Å². The zero-order chi connectivity index (χ0) is 14.7. The summed E-state index contributed by atoms with van der Waals surface area (Å²) in [6.45, 7) is 5.11. The molecule has 1 saturated heterocycles. The summed E-state index contributed by atoms with van der Waals surface area (Å²) in [4.78, 5) is 2.27. The van der Waals surface area contributed by atoms with Crippen LogP contribution >= 0.6 is 23.7 Å². The lowest BCUT2D eigenvalue weighted by Crippen LogP contribution is -2.46. The highest BCUT2D eigenvalue weighted by molar-refractivity contribution is 7.91. The molecule has 3 rings (SSSR count). The maximum Gasteiger partial charge on any atom is 0.250 e. The normalized spacial score (nSPS) is 16.5. The van der Waals surface area contributed by atoms with Gasteiger partial charge in [0.2, 0.25) is 10.0 Å². The van der Waals surface area contributed by atoms with Gasteiger partial charge in [-0.05, 0) is 17.5 Å². The van der Waals surface area contributed by atoms with Crippen LogP contribution in [-0.2, 0) is 10.0 Å². The van der Waals surface area contributed by atoms with Crippen molar-refractivity contribution in [2.24, 2.45) is 0 Å². The van der Waals surface area contributed by atoms with E-state index in [-0.39, 0.29) is 12.4 Å². The summed E-state index contributed by atoms with van der Waals surface area (Å²) in [5, 5.41) is 4.26. The van der Waals surface area contributed by atoms with Crippen LogP contribution in [0, 0.1) is 0 Å². The smallest absolute Gasteiger partial charge is 0.250 e. The molecule has 22 heavy (non-hydrogen) atoms. The lowest BCUT2D eigenvalue weighted by atomic mass is 10.3. The molecule has 0 atom stereocenters. The van der Waals surface area contributed by atoms with Crippen LogP contribution in [0.5, 0.6) is 0 Å². The van der Waals surface area contributed by atoms with E-state index in [1.54, 1.807) is 6.07 Å². The van der Waals surface area contributed by atoms with Crippen molar-refractivity contribution in [1.82, 2.24) is 14.9 Å². The minimum Gasteiger partial charge on any atom is -0.314 e. The summed E-state index contributed by atoms with van der Waals surface area (Å²) in [7, 11) is -3.40. The van der Waals surface area contributed by atoms with Crippen LogP contribution in [0.4, 0.5) is 0 Å². The topological polar surface area (TPSA) is 61.4 Å². The van der Waals surface area contributed by atoms with Gasteiger partial charge in [0.05, 0.1) is 0 Å². The molecule has 8 heteroatoms. The van der Waals surface area contributed by atoms with Crippen molar-refractivity contribution in [3.8, 4) is 0 Å². The Kier molecular flexibility index (Phi) is 6.19. The van der Waals surface area contributed by atoms with E-state index >= 15 is 0 Å². The van der Waals surface area contributed by atoms with Gasteiger partial charge in [-0.2, -0.15) is 0 Å². The minimum atomic E-state index is -3.40. The Morgan fingerprint density at radius 2 is 1.95 bits per heavy atom. The maximum atomic E-state index is 12.3. The van der Waals surface area contributed by atoms with Crippen LogP contribution in [0.15, 0.2) is 34.5 Å². The molecule has 0 aliphatic carbocycles. The molecular formula is C14H20ClN3O2S2. The van der Waals surface area contributed by atoms with E-state index in [2.05, 4.69) is 14.9 Å². The molecule has 0 bridgehead atoms. The number of piperazine rings is 1. The Morgan fingerprint density at radius 3 is 2.68 bits per heavy atom. The summed E-state index contributed by atoms with van der Waals surface area (Å²) >= 11 is 1.32. The molecule has 0 amide bonds. The Hall–Kier alpha value is -0.700. The highest BCUT2D eigenvalue weighted by atomic mass is 35.5. The minimum absolute atomic E-state index is 0. The molecule has 0 unspecified atom stereocenters. The van der Waals surface area contributed by atoms with E-state index in [1.165, 1.54) is 11.3 Å². The predicted molar refractivity (Wildman–Crippen MR) is 93.6 cm³/mol. The third-order valence-corrected chi connectivity index (χ3v) is 6.65. The maximum absolute atomic E-state index is 12.3. The number of fused-ring (bicyclic) bond motifs is 1. The van der Waals surface area contributed by atoms with Crippen molar-refractivity contribution < 1.29 is 8.42 Å². The predicted octanol–water partition coefficient (Wildman–Crippen LogP) is 1.51. The molecule has 0 radical (unpaired) electrons. The van der Waals surface area contributed by atoms with Crippen LogP contribution < -0.4 is 10.0 Å². The lowest BCUT2D eigenvalue weighted by Gasteiger charge is -2.26. The van der Waals surface area contributed by atoms with Crippen LogP contribution in [0.25, 0.3) is 10.1 Å². The Bertz CT molecular complexity index is 679. The Balaban J connectivity index is 0.00000176. The molecule has 0 saturated carbocycles. The first kappa shape index (κ1) is 17.7. The highest BCUT2D eigenvalue weighted by Gasteiger charge is 2.17. The number of benzene rings is 1. The number of nitrogens with one attached hydrogen (secondary N) is 2. The number of hydrogen-bond acceptors (Lipinski definition) is 5. The monoisotopic (exact) mass is 361 g/mol. The molecule has 1 aromatic carbocycles. The van der Waals surface area contributed by atoms with Gasteiger partial charge in [-0.25, -0.2) is 13.1 Å². The first-order valence-corrected chi connectivity index (χ1v) is 9.36. The zero-order valence-electron chi connectivity index (χ0n) is 12.1. The van der Waals surface area contributed by atoms with Crippen LogP contribution in [0.3, 0.4) is 0 Å². The summed E-state index contributed by atoms with van der Waals surface area (Å²) in [6, 6.07) is 9.47. The molecule has 0 spiro atoms. The van der Waals surface area contributed by atoms with Crippen molar-refractivity contribution >= 4 is 43.9 Å². The molecule has 2 N–H and O–H groups in total. The van der Waals surface area contributed by atoms with Gasteiger partial charge in [0.15, 0.2) is 0 Å². The second-order valence-corrected chi connectivity index (χ2v) is 8.17. The number of hydrogen-bond donors (Lipinski definition) is 2. The molecular weight excluding hydrogens is 342 g/mol. The van der Waals surface area contributed by atoms with Crippen molar-refractivity contribution in [1.29, 1.82) is 0 Å². The van der Waals surface area contributed by atoms with Gasteiger partial charge in [0, 0.05) is 44.0 Å². The van der Waals surface area contributed by atoms with Gasteiger partial charge in [-0.1, -0.05) is 18.2 Å². The standard InChI is InChI=1S/C14H19N3O2S2.ClH/c18-21(19,16-7-10-17-8-5-15-6-9-17)14-11-12-3-1-2-4-13(12)20-14;/h1-4,11,15-16H,5-10H2;1H. The molecule has 1 aliphatic rings. The second-order valence-electron chi connectivity index (χ2n) is 5.09. The lowest BCUT2D eigenvalue weighted by molar-refractivity contribution is 0.245. The first-order chi connectivity index (χ1) is 10.1. The van der Waals surface area contributed by atoms with E-state index in [0.717, 1.165) is 42.8 Å². The molecule has 2 aromatic rings. The Morgan fingerprint density at radius 1 is 1.23 bits per heavy atom. The third-order valence-electron chi connectivity index (χ3n) is 3.60. The molecule has 122 valence electrons. The number of thiophene rings is 1. The number of halogens is 1. The number of rotatable bonds is 5. The fourth-order valence-electron chi connectivity index (χ4n) is 2.43. The van der Waals surface area contributed by atoms with Crippen molar-refractivity contribution in [2.75, 3.05) is 39.3 Å². The largest absolute Gasteiger partial charge is 0.314 e. The van der Waals surface area contributed by atoms with Gasteiger partial charge >= 0.3 is 0 Å². The fourth-order valence-corrected chi connectivity index (χ4v) is 4.90. The summed E-state index contributed by atoms with van der Waals surface area (Å²) in [5.41, 5.74) is 0. The molecule has 5 nitrogen and oxygen atoms in total. The zero-order valence-corrected chi connectivity index (χ0v) is 14.6. The average Bonchev–Trinajstić information content (AvgIpc) is 2.93. The van der Waals surface area contributed by atoms with Crippen LogP contribution in [0.1, 0.15) is 0 Å². The van der Waals surface area contributed by atoms with Gasteiger partial charge in [-0.15, -0.1) is 23.7 Å². The van der Waals surface area contributed by atoms with Crippen molar-refractivity contribution in [2.45, 2.75) is 4.21 Å². The summed E-state index contributed by atoms with van der Waals surface area (Å²) in [6.07, 6.45) is 0. The molecule has 1 aliphatic heterocycles. The molecule has 1 fully saturated rings. The van der Waals surface area contributed by atoms with Gasteiger partial charge < -0.3 is 5.32 Å². The number of nitrogens with zero attached hydrogens (tertiary/aromatic N) is 1. The average molecular weight is 362 g/mol. The van der Waals surface area contributed by atoms with Crippen LogP contribution in [0.2, 0.25) is 0 Å². The molecule has 1 aromatic heterocycles.